The normalized spacial score (nSPS) is 9.59. The first kappa shape index (κ1) is 28.8. The molecule has 3 rings (SSSR count). The number of aliphatic hydroxyl groups excluding tert-OH is 2. The number of nitrogens with zero attached hydrogens (tertiary/aromatic N) is 1. The zero-order valence-electron chi connectivity index (χ0n) is 19.9. The number of carbonyl (C=O) groups is 1. The molecule has 0 aliphatic heterocycles. The highest BCUT2D eigenvalue weighted by Crippen LogP contribution is 2.31. The number of benzene rings is 2. The minimum atomic E-state index is -0.167. The van der Waals surface area contributed by atoms with Crippen molar-refractivity contribution in [2.75, 3.05) is 7.11 Å². The minimum Gasteiger partial charge on any atom is -0.400 e. The Morgan fingerprint density at radius 3 is 2.03 bits per heavy atom. The van der Waals surface area contributed by atoms with E-state index in [1.807, 2.05) is 25.1 Å². The monoisotopic (exact) mass is 437 g/mol. The van der Waals surface area contributed by atoms with Gasteiger partial charge in [-0.25, -0.2) is 0 Å². The minimum absolute atomic E-state index is 0.0595. The molecule has 0 unspecified atom stereocenters. The van der Waals surface area contributed by atoms with Crippen molar-refractivity contribution < 1.29 is 15.0 Å². The second-order valence-electron chi connectivity index (χ2n) is 7.25. The van der Waals surface area contributed by atoms with E-state index in [1.54, 1.807) is 25.5 Å². The Bertz CT molecular complexity index is 1060. The molecule has 0 spiro atoms. The van der Waals surface area contributed by atoms with Crippen molar-refractivity contribution in [3.63, 3.8) is 0 Å². The molecular formula is C27H35NO4. The predicted octanol–water partition coefficient (Wildman–Crippen LogP) is 4.06. The first-order valence-corrected chi connectivity index (χ1v) is 10.4. The van der Waals surface area contributed by atoms with E-state index in [1.165, 1.54) is 5.56 Å². The van der Waals surface area contributed by atoms with Gasteiger partial charge in [0.15, 0.2) is 0 Å². The summed E-state index contributed by atoms with van der Waals surface area (Å²) in [5, 5.41) is 16.7. The standard InChI is InChI=1S/C21H21NO2.C3H8O.C2H2.CH4O/c1-4-15-6-8-16(9-7-15)20-18-13-14(2)5-10-17(18)21(24)22(3)19(20)11-12-23;1-3(2)4;2*1-2/h5-10,12-13H,4,11H2,1-3H3;3-4H,1-2H3;1-2H;2H,1H3. The number of hydrogen-bond donors (Lipinski definition) is 2. The van der Waals surface area contributed by atoms with Gasteiger partial charge >= 0.3 is 0 Å². The summed E-state index contributed by atoms with van der Waals surface area (Å²) < 4.78 is 1.61. The van der Waals surface area contributed by atoms with E-state index in [2.05, 4.69) is 44.0 Å². The maximum absolute atomic E-state index is 12.7. The van der Waals surface area contributed by atoms with E-state index >= 15 is 0 Å². The fraction of sp³-hybridized carbons (Fsp3) is 0.333. The number of aryl methyl sites for hydroxylation is 2. The molecule has 0 fully saturated rings. The van der Waals surface area contributed by atoms with Crippen LogP contribution in [0, 0.1) is 19.8 Å². The van der Waals surface area contributed by atoms with Gasteiger partial charge in [0, 0.05) is 43.3 Å². The number of aliphatic hydroxyl groups is 2. The molecule has 0 saturated heterocycles. The molecule has 3 aromatic rings. The fourth-order valence-corrected chi connectivity index (χ4v) is 3.22. The molecule has 0 radical (unpaired) electrons. The molecule has 5 heteroatoms. The third-order valence-electron chi connectivity index (χ3n) is 4.60. The van der Waals surface area contributed by atoms with Crippen LogP contribution < -0.4 is 5.56 Å². The van der Waals surface area contributed by atoms with Gasteiger partial charge in [-0.2, -0.15) is 0 Å². The lowest BCUT2D eigenvalue weighted by atomic mass is 9.94. The summed E-state index contributed by atoms with van der Waals surface area (Å²) in [5.74, 6) is 0. The van der Waals surface area contributed by atoms with Crippen molar-refractivity contribution in [1.29, 1.82) is 0 Å². The average molecular weight is 438 g/mol. The largest absolute Gasteiger partial charge is 0.400 e. The predicted molar refractivity (Wildman–Crippen MR) is 134 cm³/mol. The number of aldehydes is 1. The molecule has 0 saturated carbocycles. The van der Waals surface area contributed by atoms with Crippen LogP contribution in [0.3, 0.4) is 0 Å². The van der Waals surface area contributed by atoms with Crippen LogP contribution in [-0.4, -0.2) is 34.3 Å². The Balaban J connectivity index is 0.00000106. The Labute approximate surface area is 191 Å². The lowest BCUT2D eigenvalue weighted by molar-refractivity contribution is -0.107. The van der Waals surface area contributed by atoms with Crippen LogP contribution in [0.5, 0.6) is 0 Å². The number of pyridine rings is 1. The SMILES string of the molecule is C#C.CC(C)O.CCc1ccc(-c2c(CC=O)n(C)c(=O)c3ccc(C)cc23)cc1.CO. The Morgan fingerprint density at radius 1 is 1.03 bits per heavy atom. The van der Waals surface area contributed by atoms with Crippen LogP contribution in [0.25, 0.3) is 21.9 Å². The Kier molecular flexibility index (Phi) is 13.3. The molecule has 0 bridgehead atoms. The molecule has 1 heterocycles. The lowest BCUT2D eigenvalue weighted by Gasteiger charge is -2.17. The Morgan fingerprint density at radius 2 is 1.56 bits per heavy atom. The number of rotatable bonds is 4. The zero-order valence-corrected chi connectivity index (χ0v) is 19.9. The van der Waals surface area contributed by atoms with Crippen molar-refractivity contribution >= 4 is 17.1 Å². The Hall–Kier alpha value is -3.20. The smallest absolute Gasteiger partial charge is 0.258 e. The summed E-state index contributed by atoms with van der Waals surface area (Å²) >= 11 is 0. The van der Waals surface area contributed by atoms with E-state index in [4.69, 9.17) is 10.2 Å². The van der Waals surface area contributed by atoms with Crippen molar-refractivity contribution in [2.24, 2.45) is 7.05 Å². The second kappa shape index (κ2) is 14.7. The van der Waals surface area contributed by atoms with E-state index in [9.17, 15) is 9.59 Å². The molecule has 172 valence electrons. The zero-order chi connectivity index (χ0) is 24.8. The highest BCUT2D eigenvalue weighted by Gasteiger charge is 2.16. The highest BCUT2D eigenvalue weighted by atomic mass is 16.3. The number of carbonyl (C=O) groups excluding carboxylic acids is 1. The summed E-state index contributed by atoms with van der Waals surface area (Å²) in [7, 11) is 2.74. The van der Waals surface area contributed by atoms with Crippen molar-refractivity contribution in [2.45, 2.75) is 46.6 Å². The summed E-state index contributed by atoms with van der Waals surface area (Å²) in [4.78, 5) is 23.9. The molecule has 2 aromatic carbocycles. The number of fused-ring (bicyclic) bond motifs is 1. The third kappa shape index (κ3) is 7.49. The summed E-state index contributed by atoms with van der Waals surface area (Å²) in [6.45, 7) is 7.58. The van der Waals surface area contributed by atoms with Gasteiger partial charge in [0.1, 0.15) is 6.29 Å². The highest BCUT2D eigenvalue weighted by molar-refractivity contribution is 5.98. The van der Waals surface area contributed by atoms with Crippen molar-refractivity contribution in [3.05, 3.63) is 69.6 Å². The molecule has 0 aliphatic carbocycles. The van der Waals surface area contributed by atoms with E-state index < -0.39 is 0 Å². The van der Waals surface area contributed by atoms with E-state index in [0.717, 1.165) is 47.6 Å². The molecule has 0 amide bonds. The first-order chi connectivity index (χ1) is 15.3. The van der Waals surface area contributed by atoms with Gasteiger partial charge in [-0.3, -0.25) is 4.79 Å². The van der Waals surface area contributed by atoms with Crippen LogP contribution in [0.15, 0.2) is 47.3 Å². The summed E-state index contributed by atoms with van der Waals surface area (Å²) in [6, 6.07) is 14.2. The summed E-state index contributed by atoms with van der Waals surface area (Å²) in [6.07, 6.45) is 9.90. The van der Waals surface area contributed by atoms with Gasteiger partial charge in [-0.15, -0.1) is 12.8 Å². The number of terminal acetylenes is 1. The van der Waals surface area contributed by atoms with Gasteiger partial charge in [0.25, 0.3) is 5.56 Å². The molecule has 5 nitrogen and oxygen atoms in total. The topological polar surface area (TPSA) is 79.5 Å². The number of hydrogen-bond acceptors (Lipinski definition) is 4. The summed E-state index contributed by atoms with van der Waals surface area (Å²) in [5.41, 5.74) is 5.08. The quantitative estimate of drug-likeness (QED) is 0.476. The molecular weight excluding hydrogens is 402 g/mol. The van der Waals surface area contributed by atoms with Gasteiger partial charge in [0.2, 0.25) is 0 Å². The first-order valence-electron chi connectivity index (χ1n) is 10.4. The maximum atomic E-state index is 12.7. The number of aromatic nitrogens is 1. The molecule has 0 aliphatic rings. The lowest BCUT2D eigenvalue weighted by Crippen LogP contribution is -2.22. The van der Waals surface area contributed by atoms with Gasteiger partial charge in [0.05, 0.1) is 0 Å². The van der Waals surface area contributed by atoms with E-state index in [0.29, 0.717) is 5.39 Å². The van der Waals surface area contributed by atoms with Crippen molar-refractivity contribution in [3.8, 4) is 24.0 Å². The van der Waals surface area contributed by atoms with Crippen LogP contribution in [-0.2, 0) is 24.7 Å². The fourth-order valence-electron chi connectivity index (χ4n) is 3.22. The average Bonchev–Trinajstić information content (AvgIpc) is 2.80. The molecule has 0 atom stereocenters. The molecule has 1 aromatic heterocycles. The molecule has 32 heavy (non-hydrogen) atoms. The van der Waals surface area contributed by atoms with Gasteiger partial charge in [-0.1, -0.05) is 48.9 Å². The van der Waals surface area contributed by atoms with E-state index in [-0.39, 0.29) is 18.1 Å². The van der Waals surface area contributed by atoms with Crippen LogP contribution in [0.4, 0.5) is 0 Å². The van der Waals surface area contributed by atoms with Crippen LogP contribution in [0.1, 0.15) is 37.6 Å². The van der Waals surface area contributed by atoms with Crippen molar-refractivity contribution in [1.82, 2.24) is 4.57 Å². The van der Waals surface area contributed by atoms with Gasteiger partial charge in [-0.05, 0) is 49.8 Å². The van der Waals surface area contributed by atoms with Crippen LogP contribution in [0.2, 0.25) is 0 Å². The van der Waals surface area contributed by atoms with Crippen LogP contribution >= 0.6 is 0 Å². The molecule has 2 N–H and O–H groups in total. The van der Waals surface area contributed by atoms with Gasteiger partial charge < -0.3 is 19.6 Å². The second-order valence-corrected chi connectivity index (χ2v) is 7.25. The maximum Gasteiger partial charge on any atom is 0.258 e. The third-order valence-corrected chi connectivity index (χ3v) is 4.60.